The molecule has 19 heteroatoms. The fourth-order valence-electron chi connectivity index (χ4n) is 12.3. The Kier molecular flexibility index (Phi) is 67.8. The van der Waals surface area contributed by atoms with Gasteiger partial charge in [0.15, 0.2) is 12.2 Å². The third kappa shape index (κ3) is 74.1. The van der Waals surface area contributed by atoms with E-state index in [2.05, 4.69) is 55.4 Å². The van der Waals surface area contributed by atoms with Crippen molar-refractivity contribution in [3.8, 4) is 0 Å². The van der Waals surface area contributed by atoms with Gasteiger partial charge in [0.05, 0.1) is 26.4 Å². The van der Waals surface area contributed by atoms with Crippen LogP contribution in [0, 0.1) is 23.7 Å². The number of esters is 4. The molecule has 5 atom stereocenters. The average molecular weight is 1450 g/mol. The Hall–Kier alpha value is -1.94. The molecule has 0 saturated carbocycles. The molecule has 0 bridgehead atoms. The van der Waals surface area contributed by atoms with Crippen molar-refractivity contribution in [3.05, 3.63) is 0 Å². The van der Waals surface area contributed by atoms with Gasteiger partial charge < -0.3 is 33.8 Å². The summed E-state index contributed by atoms with van der Waals surface area (Å²) >= 11 is 0. The standard InChI is InChI=1S/C80H156O17P2/c1-70(2)56-48-40-32-25-19-13-9-10-16-22-28-36-44-52-60-77(82)90-66-75(96-79(84)62-54-46-37-29-23-17-11-14-20-26-33-41-49-57-71(3)4)68-94-98(86,87)92-64-74(81)65-93-99(88,89)95-69-76(67-91-78(83)61-53-45-39-31-35-43-51-59-73(7)8)97-80(85)63-55-47-38-30-24-18-12-15-21-27-34-42-50-58-72(5)6/h70-76,81H,9-69H2,1-8H3,(H,86,87)(H,88,89)/t74?,75-,76-/m1/s1. The van der Waals surface area contributed by atoms with Crippen LogP contribution in [0.25, 0.3) is 0 Å². The lowest BCUT2D eigenvalue weighted by molar-refractivity contribution is -0.161. The molecule has 0 aliphatic rings. The summed E-state index contributed by atoms with van der Waals surface area (Å²) in [6.45, 7) is 14.2. The highest BCUT2D eigenvalue weighted by Crippen LogP contribution is 2.45. The maximum Gasteiger partial charge on any atom is 0.472 e. The topological polar surface area (TPSA) is 237 Å². The molecule has 99 heavy (non-hydrogen) atoms. The van der Waals surface area contributed by atoms with Crippen LogP contribution in [-0.2, 0) is 65.4 Å². The second kappa shape index (κ2) is 69.1. The summed E-state index contributed by atoms with van der Waals surface area (Å²) in [7, 11) is -9.92. The van der Waals surface area contributed by atoms with Crippen LogP contribution >= 0.6 is 15.6 Å². The van der Waals surface area contributed by atoms with Crippen molar-refractivity contribution in [1.82, 2.24) is 0 Å². The van der Waals surface area contributed by atoms with Gasteiger partial charge in [0.25, 0.3) is 0 Å². The maximum absolute atomic E-state index is 13.1. The number of carbonyl (C=O) groups excluding carboxylic acids is 4. The zero-order valence-electron chi connectivity index (χ0n) is 65.1. The Bertz CT molecular complexity index is 1940. The van der Waals surface area contributed by atoms with Gasteiger partial charge in [-0.25, -0.2) is 9.13 Å². The number of aliphatic hydroxyl groups excluding tert-OH is 1. The van der Waals surface area contributed by atoms with Crippen molar-refractivity contribution in [2.24, 2.45) is 23.7 Å². The van der Waals surface area contributed by atoms with Gasteiger partial charge in [0.1, 0.15) is 19.3 Å². The van der Waals surface area contributed by atoms with Gasteiger partial charge >= 0.3 is 39.5 Å². The summed E-state index contributed by atoms with van der Waals surface area (Å²) in [4.78, 5) is 73.0. The number of hydrogen-bond acceptors (Lipinski definition) is 15. The van der Waals surface area contributed by atoms with Crippen molar-refractivity contribution >= 4 is 39.5 Å². The molecule has 0 aromatic rings. The number of phosphoric acid groups is 2. The SMILES string of the molecule is CC(C)CCCCCCCCCCCCCCCCC(=O)OC[C@H](COP(=O)(O)OCC(O)COP(=O)(O)OC[C@@H](COC(=O)CCCCCCCCCC(C)C)OC(=O)CCCCCCCCCCCCCCCC(C)C)OC(=O)CCCCCCCCCCCCCCCC(C)C. The molecule has 17 nitrogen and oxygen atoms in total. The smallest absolute Gasteiger partial charge is 0.462 e. The van der Waals surface area contributed by atoms with Crippen LogP contribution in [0.3, 0.4) is 0 Å². The van der Waals surface area contributed by atoms with Gasteiger partial charge in [-0.15, -0.1) is 0 Å². The Labute approximate surface area is 607 Å². The normalized spacial score (nSPS) is 14.1. The van der Waals surface area contributed by atoms with E-state index in [1.165, 1.54) is 205 Å². The molecule has 0 radical (unpaired) electrons. The van der Waals surface area contributed by atoms with Crippen LogP contribution in [0.5, 0.6) is 0 Å². The van der Waals surface area contributed by atoms with E-state index in [4.69, 9.17) is 37.0 Å². The van der Waals surface area contributed by atoms with Gasteiger partial charge in [-0.05, 0) is 49.4 Å². The molecule has 0 aromatic carbocycles. The monoisotopic (exact) mass is 1450 g/mol. The maximum atomic E-state index is 13.1. The summed E-state index contributed by atoms with van der Waals surface area (Å²) in [5.74, 6) is 0.962. The summed E-state index contributed by atoms with van der Waals surface area (Å²) in [5, 5.41) is 10.6. The Morgan fingerprint density at radius 3 is 0.626 bits per heavy atom. The molecule has 0 aromatic heterocycles. The van der Waals surface area contributed by atoms with Gasteiger partial charge in [-0.3, -0.25) is 37.3 Å². The average Bonchev–Trinajstić information content (AvgIpc) is 0.964. The molecule has 0 heterocycles. The number of unbranched alkanes of at least 4 members (excludes halogenated alkanes) is 43. The summed E-state index contributed by atoms with van der Waals surface area (Å²) < 4.78 is 68.7. The fourth-order valence-corrected chi connectivity index (χ4v) is 13.8. The molecule has 0 amide bonds. The minimum atomic E-state index is -4.96. The van der Waals surface area contributed by atoms with E-state index < -0.39 is 97.5 Å². The largest absolute Gasteiger partial charge is 0.472 e. The molecule has 0 saturated heterocycles. The van der Waals surface area contributed by atoms with E-state index in [0.717, 1.165) is 114 Å². The molecule has 0 spiro atoms. The highest BCUT2D eigenvalue weighted by Gasteiger charge is 2.30. The summed E-state index contributed by atoms with van der Waals surface area (Å²) in [6, 6.07) is 0. The zero-order chi connectivity index (χ0) is 73.1. The first kappa shape index (κ1) is 97.1. The van der Waals surface area contributed by atoms with Crippen molar-refractivity contribution in [2.45, 2.75) is 427 Å². The van der Waals surface area contributed by atoms with E-state index in [0.29, 0.717) is 31.6 Å². The first-order valence-corrected chi connectivity index (χ1v) is 44.2. The van der Waals surface area contributed by atoms with Gasteiger partial charge in [0.2, 0.25) is 0 Å². The molecule has 3 unspecified atom stereocenters. The van der Waals surface area contributed by atoms with Crippen LogP contribution in [0.2, 0.25) is 0 Å². The predicted octanol–water partition coefficient (Wildman–Crippen LogP) is 23.6. The highest BCUT2D eigenvalue weighted by atomic mass is 31.2. The van der Waals surface area contributed by atoms with Crippen molar-refractivity contribution in [3.63, 3.8) is 0 Å². The lowest BCUT2D eigenvalue weighted by Crippen LogP contribution is -2.30. The van der Waals surface area contributed by atoms with E-state index in [1.807, 2.05) is 0 Å². The Balaban J connectivity index is 5.25. The minimum absolute atomic E-state index is 0.106. The molecule has 0 aliphatic carbocycles. The van der Waals surface area contributed by atoms with Crippen molar-refractivity contribution in [1.29, 1.82) is 0 Å². The van der Waals surface area contributed by atoms with Gasteiger partial charge in [0, 0.05) is 25.7 Å². The number of carbonyl (C=O) groups is 4. The number of hydrogen-bond donors (Lipinski definition) is 3. The zero-order valence-corrected chi connectivity index (χ0v) is 66.9. The van der Waals surface area contributed by atoms with Gasteiger partial charge in [-0.1, -0.05) is 357 Å². The molecule has 588 valence electrons. The number of ether oxygens (including phenoxy) is 4. The fraction of sp³-hybridized carbons (Fsp3) is 0.950. The van der Waals surface area contributed by atoms with E-state index >= 15 is 0 Å². The lowest BCUT2D eigenvalue weighted by atomic mass is 10.0. The third-order valence-electron chi connectivity index (χ3n) is 18.6. The third-order valence-corrected chi connectivity index (χ3v) is 20.5. The first-order chi connectivity index (χ1) is 47.6. The van der Waals surface area contributed by atoms with Crippen LogP contribution in [-0.4, -0.2) is 96.7 Å². The minimum Gasteiger partial charge on any atom is -0.462 e. The van der Waals surface area contributed by atoms with Crippen molar-refractivity contribution < 1.29 is 80.2 Å². The van der Waals surface area contributed by atoms with Crippen LogP contribution < -0.4 is 0 Å². The molecular formula is C80H156O17P2. The van der Waals surface area contributed by atoms with Crippen LogP contribution in [0.15, 0.2) is 0 Å². The highest BCUT2D eigenvalue weighted by molar-refractivity contribution is 7.47. The van der Waals surface area contributed by atoms with Crippen molar-refractivity contribution in [2.75, 3.05) is 39.6 Å². The van der Waals surface area contributed by atoms with E-state index in [-0.39, 0.29) is 25.7 Å². The molecule has 3 N–H and O–H groups in total. The van der Waals surface area contributed by atoms with Gasteiger partial charge in [-0.2, -0.15) is 0 Å². The summed E-state index contributed by atoms with van der Waals surface area (Å²) in [5.41, 5.74) is 0. The summed E-state index contributed by atoms with van der Waals surface area (Å²) in [6.07, 6.45) is 55.5. The van der Waals surface area contributed by atoms with E-state index in [9.17, 15) is 43.2 Å². The van der Waals surface area contributed by atoms with Crippen LogP contribution in [0.4, 0.5) is 0 Å². The predicted molar refractivity (Wildman–Crippen MR) is 404 cm³/mol. The number of aliphatic hydroxyl groups is 1. The molecule has 0 aliphatic heterocycles. The quantitative estimate of drug-likeness (QED) is 0.0222. The Morgan fingerprint density at radius 1 is 0.253 bits per heavy atom. The second-order valence-electron chi connectivity index (χ2n) is 30.7. The molecule has 0 fully saturated rings. The second-order valence-corrected chi connectivity index (χ2v) is 33.6. The van der Waals surface area contributed by atoms with Crippen LogP contribution in [0.1, 0.15) is 409 Å². The number of phosphoric ester groups is 2. The molecular weight excluding hydrogens is 1290 g/mol. The Morgan fingerprint density at radius 2 is 0.424 bits per heavy atom. The number of rotatable bonds is 77. The first-order valence-electron chi connectivity index (χ1n) is 41.2. The lowest BCUT2D eigenvalue weighted by Gasteiger charge is -2.21. The van der Waals surface area contributed by atoms with E-state index in [1.54, 1.807) is 0 Å². The molecule has 0 rings (SSSR count).